The van der Waals surface area contributed by atoms with Crippen molar-refractivity contribution in [2.24, 2.45) is 0 Å². The van der Waals surface area contributed by atoms with Crippen LogP contribution in [0.3, 0.4) is 0 Å². The average Bonchev–Trinajstić information content (AvgIpc) is 2.44. The fraction of sp³-hybridized carbons (Fsp3) is 0.353. The second kappa shape index (κ2) is 7.43. The first kappa shape index (κ1) is 15.8. The molecule has 2 rings (SSSR count). The maximum atomic E-state index is 6.27. The average molecular weight is 305 g/mol. The van der Waals surface area contributed by atoms with Gasteiger partial charge in [-0.1, -0.05) is 37.6 Å². The van der Waals surface area contributed by atoms with Gasteiger partial charge in [0.1, 0.15) is 12.4 Å². The van der Waals surface area contributed by atoms with Gasteiger partial charge >= 0.3 is 0 Å². The van der Waals surface area contributed by atoms with E-state index in [1.807, 2.05) is 37.5 Å². The summed E-state index contributed by atoms with van der Waals surface area (Å²) in [6.45, 7) is 7.45. The lowest BCUT2D eigenvalue weighted by molar-refractivity contribution is 0.301. The molecule has 0 aliphatic rings. The number of ether oxygens (including phenoxy) is 1. The predicted octanol–water partition coefficient (Wildman–Crippen LogP) is 4.12. The van der Waals surface area contributed by atoms with Gasteiger partial charge in [0, 0.05) is 36.1 Å². The first-order chi connectivity index (χ1) is 10.1. The van der Waals surface area contributed by atoms with Crippen LogP contribution in [0.15, 0.2) is 36.7 Å². The van der Waals surface area contributed by atoms with Gasteiger partial charge in [0.25, 0.3) is 0 Å². The Morgan fingerprint density at radius 3 is 2.81 bits per heavy atom. The number of halogens is 1. The van der Waals surface area contributed by atoms with Crippen LogP contribution in [0.25, 0.3) is 0 Å². The summed E-state index contributed by atoms with van der Waals surface area (Å²) in [5.41, 5.74) is 3.23. The van der Waals surface area contributed by atoms with Gasteiger partial charge in [-0.25, -0.2) is 0 Å². The molecule has 21 heavy (non-hydrogen) atoms. The van der Waals surface area contributed by atoms with Crippen molar-refractivity contribution in [2.75, 3.05) is 0 Å². The van der Waals surface area contributed by atoms with Gasteiger partial charge in [0.2, 0.25) is 0 Å². The maximum Gasteiger partial charge on any atom is 0.142 e. The molecule has 0 spiro atoms. The summed E-state index contributed by atoms with van der Waals surface area (Å²) >= 11 is 6.27. The van der Waals surface area contributed by atoms with E-state index in [4.69, 9.17) is 16.3 Å². The van der Waals surface area contributed by atoms with Gasteiger partial charge in [-0.05, 0) is 24.6 Å². The zero-order chi connectivity index (χ0) is 15.2. The number of nitrogens with one attached hydrogen (secondary N) is 1. The molecular formula is C17H21ClN2O. The minimum Gasteiger partial charge on any atom is -0.487 e. The van der Waals surface area contributed by atoms with Crippen LogP contribution in [0.1, 0.15) is 30.5 Å². The number of hydrogen-bond acceptors (Lipinski definition) is 3. The van der Waals surface area contributed by atoms with E-state index < -0.39 is 0 Å². The summed E-state index contributed by atoms with van der Waals surface area (Å²) < 4.78 is 5.93. The minimum absolute atomic E-state index is 0.415. The van der Waals surface area contributed by atoms with Crippen LogP contribution in [0, 0.1) is 6.92 Å². The molecule has 112 valence electrons. The number of benzene rings is 1. The highest BCUT2D eigenvalue weighted by molar-refractivity contribution is 6.32. The topological polar surface area (TPSA) is 34.1 Å². The Kier molecular flexibility index (Phi) is 5.59. The van der Waals surface area contributed by atoms with Crippen molar-refractivity contribution in [3.63, 3.8) is 0 Å². The fourth-order valence-electron chi connectivity index (χ4n) is 2.02. The molecule has 4 heteroatoms. The fourth-order valence-corrected chi connectivity index (χ4v) is 2.27. The molecule has 1 heterocycles. The lowest BCUT2D eigenvalue weighted by Crippen LogP contribution is -2.22. The number of aryl methyl sites for hydroxylation is 1. The van der Waals surface area contributed by atoms with Crippen LogP contribution >= 0.6 is 11.6 Å². The van der Waals surface area contributed by atoms with E-state index in [-0.39, 0.29) is 0 Å². The molecular weight excluding hydrogens is 284 g/mol. The van der Waals surface area contributed by atoms with Gasteiger partial charge in [-0.2, -0.15) is 0 Å². The monoisotopic (exact) mass is 304 g/mol. The molecule has 0 fully saturated rings. The van der Waals surface area contributed by atoms with Crippen molar-refractivity contribution in [3.8, 4) is 5.75 Å². The Morgan fingerprint density at radius 1 is 1.29 bits per heavy atom. The zero-order valence-electron chi connectivity index (χ0n) is 12.7. The summed E-state index contributed by atoms with van der Waals surface area (Å²) in [6.07, 6.45) is 3.65. The molecule has 1 aromatic carbocycles. The zero-order valence-corrected chi connectivity index (χ0v) is 13.4. The molecule has 0 unspecified atom stereocenters. The Hall–Kier alpha value is -1.58. The summed E-state index contributed by atoms with van der Waals surface area (Å²) in [4.78, 5) is 4.18. The largest absolute Gasteiger partial charge is 0.487 e. The number of para-hydroxylation sites is 1. The first-order valence-corrected chi connectivity index (χ1v) is 7.48. The second-order valence-corrected chi connectivity index (χ2v) is 5.83. The van der Waals surface area contributed by atoms with E-state index in [0.29, 0.717) is 17.7 Å². The molecule has 1 aromatic heterocycles. The standard InChI is InChI=1S/C17H21ClN2O/c1-12(2)20-10-15-5-4-6-16(18)17(15)21-11-14-7-13(3)8-19-9-14/h4-9,12,20H,10-11H2,1-3H3. The van der Waals surface area contributed by atoms with Crippen molar-refractivity contribution in [2.45, 2.75) is 40.0 Å². The third kappa shape index (κ3) is 4.73. The summed E-state index contributed by atoms with van der Waals surface area (Å²) in [7, 11) is 0. The smallest absolute Gasteiger partial charge is 0.142 e. The van der Waals surface area contributed by atoms with E-state index in [0.717, 1.165) is 29.0 Å². The molecule has 0 atom stereocenters. The van der Waals surface area contributed by atoms with E-state index in [1.54, 1.807) is 0 Å². The minimum atomic E-state index is 0.415. The normalized spacial score (nSPS) is 10.9. The number of hydrogen-bond donors (Lipinski definition) is 1. The van der Waals surface area contributed by atoms with Gasteiger partial charge in [-0.3, -0.25) is 4.98 Å². The van der Waals surface area contributed by atoms with Crippen molar-refractivity contribution < 1.29 is 4.74 Å². The maximum absolute atomic E-state index is 6.27. The molecule has 0 aliphatic carbocycles. The summed E-state index contributed by atoms with van der Waals surface area (Å²) in [6, 6.07) is 8.31. The Morgan fingerprint density at radius 2 is 2.10 bits per heavy atom. The highest BCUT2D eigenvalue weighted by Crippen LogP contribution is 2.29. The highest BCUT2D eigenvalue weighted by Gasteiger charge is 2.09. The Labute approximate surface area is 131 Å². The number of aromatic nitrogens is 1. The molecule has 0 aliphatic heterocycles. The van der Waals surface area contributed by atoms with Crippen LogP contribution in [0.5, 0.6) is 5.75 Å². The highest BCUT2D eigenvalue weighted by atomic mass is 35.5. The lowest BCUT2D eigenvalue weighted by atomic mass is 10.2. The second-order valence-electron chi connectivity index (χ2n) is 5.42. The Bertz CT molecular complexity index is 599. The van der Waals surface area contributed by atoms with E-state index >= 15 is 0 Å². The lowest BCUT2D eigenvalue weighted by Gasteiger charge is -2.15. The molecule has 0 radical (unpaired) electrons. The van der Waals surface area contributed by atoms with Crippen molar-refractivity contribution >= 4 is 11.6 Å². The van der Waals surface area contributed by atoms with Crippen LogP contribution in [0.4, 0.5) is 0 Å². The van der Waals surface area contributed by atoms with E-state index in [9.17, 15) is 0 Å². The molecule has 0 bridgehead atoms. The van der Waals surface area contributed by atoms with Crippen molar-refractivity contribution in [1.29, 1.82) is 0 Å². The molecule has 0 amide bonds. The third-order valence-corrected chi connectivity index (χ3v) is 3.36. The molecule has 0 saturated heterocycles. The van der Waals surface area contributed by atoms with E-state index in [2.05, 4.69) is 30.2 Å². The van der Waals surface area contributed by atoms with E-state index in [1.165, 1.54) is 0 Å². The van der Waals surface area contributed by atoms with Crippen LogP contribution in [0.2, 0.25) is 5.02 Å². The van der Waals surface area contributed by atoms with Crippen LogP contribution < -0.4 is 10.1 Å². The number of pyridine rings is 1. The molecule has 0 saturated carbocycles. The van der Waals surface area contributed by atoms with Crippen molar-refractivity contribution in [1.82, 2.24) is 10.3 Å². The SMILES string of the molecule is Cc1cncc(COc2c(Cl)cccc2CNC(C)C)c1. The Balaban J connectivity index is 2.11. The number of rotatable bonds is 6. The molecule has 3 nitrogen and oxygen atoms in total. The van der Waals surface area contributed by atoms with Gasteiger partial charge in [0.05, 0.1) is 5.02 Å². The molecule has 2 aromatic rings. The first-order valence-electron chi connectivity index (χ1n) is 7.10. The predicted molar refractivity (Wildman–Crippen MR) is 86.7 cm³/mol. The van der Waals surface area contributed by atoms with Crippen LogP contribution in [-0.2, 0) is 13.2 Å². The third-order valence-electron chi connectivity index (χ3n) is 3.06. The van der Waals surface area contributed by atoms with Crippen LogP contribution in [-0.4, -0.2) is 11.0 Å². The quantitative estimate of drug-likeness (QED) is 0.871. The van der Waals surface area contributed by atoms with Gasteiger partial charge < -0.3 is 10.1 Å². The number of nitrogens with zero attached hydrogens (tertiary/aromatic N) is 1. The van der Waals surface area contributed by atoms with Gasteiger partial charge in [-0.15, -0.1) is 0 Å². The van der Waals surface area contributed by atoms with Crippen molar-refractivity contribution in [3.05, 3.63) is 58.4 Å². The van der Waals surface area contributed by atoms with Gasteiger partial charge in [0.15, 0.2) is 0 Å². The summed E-state index contributed by atoms with van der Waals surface area (Å²) in [5.74, 6) is 0.744. The summed E-state index contributed by atoms with van der Waals surface area (Å²) in [5, 5.41) is 4.02. The molecule has 1 N–H and O–H groups in total.